The quantitative estimate of drug-likeness (QED) is 0.671. The third-order valence-electron chi connectivity index (χ3n) is 1.21. The highest BCUT2D eigenvalue weighted by Crippen LogP contribution is 2.12. The highest BCUT2D eigenvalue weighted by Gasteiger charge is 1.98. The Kier molecular flexibility index (Phi) is 2.25. The van der Waals surface area contributed by atoms with E-state index in [0.717, 1.165) is 5.69 Å². The zero-order valence-electron chi connectivity index (χ0n) is 5.63. The van der Waals surface area contributed by atoms with Gasteiger partial charge in [-0.05, 0) is 19.1 Å². The van der Waals surface area contributed by atoms with Crippen molar-refractivity contribution in [2.45, 2.75) is 13.5 Å². The minimum Gasteiger partial charge on any atom is -0.390 e. The van der Waals surface area contributed by atoms with Gasteiger partial charge in [-0.1, -0.05) is 11.6 Å². The molecule has 0 aliphatic heterocycles. The fourth-order valence-electron chi connectivity index (χ4n) is 0.704. The van der Waals surface area contributed by atoms with Crippen molar-refractivity contribution in [3.63, 3.8) is 0 Å². The van der Waals surface area contributed by atoms with Crippen molar-refractivity contribution < 1.29 is 5.11 Å². The molecule has 0 aliphatic carbocycles. The Morgan fingerprint density at radius 2 is 2.30 bits per heavy atom. The highest BCUT2D eigenvalue weighted by atomic mass is 35.5. The Balaban J connectivity index is 3.09. The number of halogens is 1. The van der Waals surface area contributed by atoms with Crippen molar-refractivity contribution in [2.75, 3.05) is 0 Å². The molecule has 0 saturated heterocycles. The minimum absolute atomic E-state index is 0.0967. The van der Waals surface area contributed by atoms with E-state index in [4.69, 9.17) is 16.7 Å². The van der Waals surface area contributed by atoms with E-state index in [0.29, 0.717) is 10.7 Å². The van der Waals surface area contributed by atoms with Crippen molar-refractivity contribution in [1.82, 2.24) is 4.98 Å². The first-order valence-electron chi connectivity index (χ1n) is 2.97. The topological polar surface area (TPSA) is 33.1 Å². The molecule has 0 amide bonds. The first-order chi connectivity index (χ1) is 4.74. The lowest BCUT2D eigenvalue weighted by Gasteiger charge is -1.98. The SMILES string of the molecule is Cc1ccc(Cl)c(CO)n1. The average molecular weight is 158 g/mol. The van der Waals surface area contributed by atoms with Crippen LogP contribution >= 0.6 is 11.6 Å². The maximum atomic E-state index is 8.70. The molecule has 0 unspecified atom stereocenters. The Morgan fingerprint density at radius 3 is 2.80 bits per heavy atom. The summed E-state index contributed by atoms with van der Waals surface area (Å²) in [5, 5.41) is 9.22. The Hall–Kier alpha value is -0.600. The van der Waals surface area contributed by atoms with Crippen LogP contribution in [0.4, 0.5) is 0 Å². The number of aryl methyl sites for hydroxylation is 1. The number of pyridine rings is 1. The third kappa shape index (κ3) is 1.46. The molecular weight excluding hydrogens is 150 g/mol. The molecule has 0 radical (unpaired) electrons. The van der Waals surface area contributed by atoms with E-state index in [9.17, 15) is 0 Å². The van der Waals surface area contributed by atoms with Crippen LogP contribution in [-0.4, -0.2) is 10.1 Å². The van der Waals surface area contributed by atoms with Gasteiger partial charge in [-0.15, -0.1) is 0 Å². The number of rotatable bonds is 1. The molecule has 1 N–H and O–H groups in total. The monoisotopic (exact) mass is 157 g/mol. The number of aliphatic hydroxyl groups excluding tert-OH is 1. The molecule has 1 aromatic rings. The van der Waals surface area contributed by atoms with Gasteiger partial charge in [0.2, 0.25) is 0 Å². The van der Waals surface area contributed by atoms with Gasteiger partial charge in [-0.2, -0.15) is 0 Å². The van der Waals surface area contributed by atoms with Gasteiger partial charge in [0.25, 0.3) is 0 Å². The first kappa shape index (κ1) is 7.51. The highest BCUT2D eigenvalue weighted by molar-refractivity contribution is 6.31. The van der Waals surface area contributed by atoms with Crippen molar-refractivity contribution >= 4 is 11.6 Å². The third-order valence-corrected chi connectivity index (χ3v) is 1.55. The summed E-state index contributed by atoms with van der Waals surface area (Å²) in [6.07, 6.45) is 0. The summed E-state index contributed by atoms with van der Waals surface area (Å²) in [5.74, 6) is 0. The number of aliphatic hydroxyl groups is 1. The van der Waals surface area contributed by atoms with E-state index >= 15 is 0 Å². The van der Waals surface area contributed by atoms with Gasteiger partial charge in [0, 0.05) is 5.69 Å². The molecule has 0 spiro atoms. The maximum Gasteiger partial charge on any atom is 0.0868 e. The molecule has 3 heteroatoms. The van der Waals surface area contributed by atoms with E-state index in [1.54, 1.807) is 6.07 Å². The van der Waals surface area contributed by atoms with Gasteiger partial charge < -0.3 is 5.11 Å². The fourth-order valence-corrected chi connectivity index (χ4v) is 0.869. The number of aromatic nitrogens is 1. The van der Waals surface area contributed by atoms with E-state index in [1.165, 1.54) is 0 Å². The molecule has 1 heterocycles. The number of hydrogen-bond donors (Lipinski definition) is 1. The first-order valence-corrected chi connectivity index (χ1v) is 3.34. The molecule has 1 rings (SSSR count). The van der Waals surface area contributed by atoms with E-state index in [-0.39, 0.29) is 6.61 Å². The van der Waals surface area contributed by atoms with Crippen LogP contribution in [0.1, 0.15) is 11.4 Å². The second-order valence-corrected chi connectivity index (χ2v) is 2.45. The molecule has 10 heavy (non-hydrogen) atoms. The maximum absolute atomic E-state index is 8.70. The van der Waals surface area contributed by atoms with Crippen molar-refractivity contribution in [3.05, 3.63) is 28.5 Å². The van der Waals surface area contributed by atoms with Crippen LogP contribution < -0.4 is 0 Å². The summed E-state index contributed by atoms with van der Waals surface area (Å²) in [6, 6.07) is 3.54. The summed E-state index contributed by atoms with van der Waals surface area (Å²) in [4.78, 5) is 4.01. The molecule has 0 bridgehead atoms. The molecular formula is C7H8ClNO. The van der Waals surface area contributed by atoms with Crippen molar-refractivity contribution in [2.24, 2.45) is 0 Å². The zero-order valence-corrected chi connectivity index (χ0v) is 6.39. The van der Waals surface area contributed by atoms with Gasteiger partial charge in [-0.25, -0.2) is 0 Å². The minimum atomic E-state index is -0.0967. The summed E-state index contributed by atoms with van der Waals surface area (Å²) < 4.78 is 0. The standard InChI is InChI=1S/C7H8ClNO/c1-5-2-3-6(8)7(4-10)9-5/h2-3,10H,4H2,1H3. The molecule has 2 nitrogen and oxygen atoms in total. The van der Waals surface area contributed by atoms with Crippen LogP contribution in [0.25, 0.3) is 0 Å². The zero-order chi connectivity index (χ0) is 7.56. The molecule has 0 aromatic carbocycles. The molecule has 54 valence electrons. The predicted octanol–water partition coefficient (Wildman–Crippen LogP) is 1.54. The van der Waals surface area contributed by atoms with Gasteiger partial charge in [0.15, 0.2) is 0 Å². The van der Waals surface area contributed by atoms with Crippen LogP contribution in [0, 0.1) is 6.92 Å². The van der Waals surface area contributed by atoms with Crippen molar-refractivity contribution in [3.8, 4) is 0 Å². The normalized spacial score (nSPS) is 9.90. The molecule has 0 aliphatic rings. The lowest BCUT2D eigenvalue weighted by atomic mass is 10.3. The predicted molar refractivity (Wildman–Crippen MR) is 39.9 cm³/mol. The van der Waals surface area contributed by atoms with E-state index in [2.05, 4.69) is 4.98 Å². The smallest absolute Gasteiger partial charge is 0.0868 e. The van der Waals surface area contributed by atoms with Crippen LogP contribution in [0.5, 0.6) is 0 Å². The van der Waals surface area contributed by atoms with Gasteiger partial charge in [0.05, 0.1) is 17.3 Å². The van der Waals surface area contributed by atoms with E-state index < -0.39 is 0 Å². The average Bonchev–Trinajstić information content (AvgIpc) is 1.94. The van der Waals surface area contributed by atoms with Gasteiger partial charge in [0.1, 0.15) is 0 Å². The van der Waals surface area contributed by atoms with Gasteiger partial charge >= 0.3 is 0 Å². The molecule has 0 atom stereocenters. The lowest BCUT2D eigenvalue weighted by Crippen LogP contribution is -1.91. The summed E-state index contributed by atoms with van der Waals surface area (Å²) >= 11 is 5.67. The fraction of sp³-hybridized carbons (Fsp3) is 0.286. The van der Waals surface area contributed by atoms with Crippen molar-refractivity contribution in [1.29, 1.82) is 0 Å². The van der Waals surface area contributed by atoms with Crippen LogP contribution in [0.2, 0.25) is 5.02 Å². The number of nitrogens with zero attached hydrogens (tertiary/aromatic N) is 1. The second kappa shape index (κ2) is 2.99. The molecule has 0 fully saturated rings. The van der Waals surface area contributed by atoms with Gasteiger partial charge in [-0.3, -0.25) is 4.98 Å². The Labute approximate surface area is 64.5 Å². The summed E-state index contributed by atoms with van der Waals surface area (Å²) in [6.45, 7) is 1.76. The second-order valence-electron chi connectivity index (χ2n) is 2.04. The summed E-state index contributed by atoms with van der Waals surface area (Å²) in [5.41, 5.74) is 1.41. The lowest BCUT2D eigenvalue weighted by molar-refractivity contribution is 0.276. The molecule has 0 saturated carbocycles. The largest absolute Gasteiger partial charge is 0.390 e. The Morgan fingerprint density at radius 1 is 1.60 bits per heavy atom. The van der Waals surface area contributed by atoms with Crippen LogP contribution in [0.15, 0.2) is 12.1 Å². The Bertz CT molecular complexity index is 237. The number of hydrogen-bond acceptors (Lipinski definition) is 2. The van der Waals surface area contributed by atoms with E-state index in [1.807, 2.05) is 13.0 Å². The van der Waals surface area contributed by atoms with Crippen LogP contribution in [0.3, 0.4) is 0 Å². The molecule has 1 aromatic heterocycles. The van der Waals surface area contributed by atoms with Crippen LogP contribution in [-0.2, 0) is 6.61 Å². The summed E-state index contributed by atoms with van der Waals surface area (Å²) in [7, 11) is 0.